The van der Waals surface area contributed by atoms with Crippen molar-refractivity contribution in [3.63, 3.8) is 0 Å². The van der Waals surface area contributed by atoms with Crippen LogP contribution in [0.4, 0.5) is 0 Å². The minimum Gasteiger partial charge on any atom is -0.492 e. The summed E-state index contributed by atoms with van der Waals surface area (Å²) >= 11 is 0. The number of rotatable bonds is 6. The van der Waals surface area contributed by atoms with Crippen LogP contribution in [0, 0.1) is 0 Å². The van der Waals surface area contributed by atoms with E-state index in [-0.39, 0.29) is 6.04 Å². The summed E-state index contributed by atoms with van der Waals surface area (Å²) < 4.78 is 5.63. The van der Waals surface area contributed by atoms with E-state index in [2.05, 4.69) is 18.0 Å². The number of aryl methyl sites for hydroxylation is 1. The Kier molecular flexibility index (Phi) is 4.93. The molecular formula is C16H20N2O. The fraction of sp³-hybridized carbons (Fsp3) is 0.312. The number of hydrogen-bond acceptors (Lipinski definition) is 3. The van der Waals surface area contributed by atoms with Crippen molar-refractivity contribution in [2.75, 3.05) is 6.61 Å². The zero-order valence-corrected chi connectivity index (χ0v) is 11.3. The summed E-state index contributed by atoms with van der Waals surface area (Å²) in [7, 11) is 0. The van der Waals surface area contributed by atoms with Crippen LogP contribution < -0.4 is 10.5 Å². The summed E-state index contributed by atoms with van der Waals surface area (Å²) in [6.45, 7) is 2.62. The third-order valence-electron chi connectivity index (χ3n) is 2.97. The molecule has 0 aliphatic carbocycles. The Labute approximate surface area is 114 Å². The van der Waals surface area contributed by atoms with E-state index in [0.717, 1.165) is 24.3 Å². The smallest absolute Gasteiger partial charge is 0.119 e. The molecule has 2 N–H and O–H groups in total. The fourth-order valence-corrected chi connectivity index (χ4v) is 1.83. The summed E-state index contributed by atoms with van der Waals surface area (Å²) in [5, 5.41) is 0. The molecule has 0 aliphatic heterocycles. The van der Waals surface area contributed by atoms with Crippen LogP contribution in [-0.2, 0) is 12.8 Å². The van der Waals surface area contributed by atoms with Crippen LogP contribution in [-0.4, -0.2) is 17.6 Å². The molecule has 3 heteroatoms. The number of hydrogen-bond donors (Lipinski definition) is 1. The predicted molar refractivity (Wildman–Crippen MR) is 77.2 cm³/mol. The summed E-state index contributed by atoms with van der Waals surface area (Å²) in [6, 6.07) is 13.8. The summed E-state index contributed by atoms with van der Waals surface area (Å²) in [5.74, 6) is 0.854. The van der Waals surface area contributed by atoms with Crippen molar-refractivity contribution in [3.8, 4) is 5.75 Å². The maximum Gasteiger partial charge on any atom is 0.119 e. The number of ether oxygens (including phenoxy) is 1. The van der Waals surface area contributed by atoms with Gasteiger partial charge in [-0.3, -0.25) is 4.98 Å². The van der Waals surface area contributed by atoms with Crippen LogP contribution in [0.5, 0.6) is 5.75 Å². The lowest BCUT2D eigenvalue weighted by Crippen LogP contribution is -2.30. The van der Waals surface area contributed by atoms with Gasteiger partial charge in [0.15, 0.2) is 0 Å². The van der Waals surface area contributed by atoms with Crippen LogP contribution in [0.1, 0.15) is 18.2 Å². The molecule has 0 radical (unpaired) electrons. The molecule has 19 heavy (non-hydrogen) atoms. The van der Waals surface area contributed by atoms with Crippen molar-refractivity contribution < 1.29 is 4.74 Å². The van der Waals surface area contributed by atoms with E-state index in [1.807, 2.05) is 42.6 Å². The van der Waals surface area contributed by atoms with Gasteiger partial charge in [0.2, 0.25) is 0 Å². The van der Waals surface area contributed by atoms with Gasteiger partial charge in [-0.15, -0.1) is 0 Å². The highest BCUT2D eigenvalue weighted by Crippen LogP contribution is 2.09. The number of para-hydroxylation sites is 1. The maximum atomic E-state index is 6.06. The van der Waals surface area contributed by atoms with Gasteiger partial charge in [0.1, 0.15) is 12.4 Å². The van der Waals surface area contributed by atoms with Crippen LogP contribution in [0.3, 0.4) is 0 Å². The highest BCUT2D eigenvalue weighted by molar-refractivity contribution is 5.21. The molecule has 0 amide bonds. The molecule has 0 bridgehead atoms. The summed E-state index contributed by atoms with van der Waals surface area (Å²) in [5.41, 5.74) is 8.32. The van der Waals surface area contributed by atoms with Gasteiger partial charge in [-0.1, -0.05) is 31.2 Å². The van der Waals surface area contributed by atoms with Crippen molar-refractivity contribution in [1.29, 1.82) is 0 Å². The van der Waals surface area contributed by atoms with E-state index >= 15 is 0 Å². The van der Waals surface area contributed by atoms with Crippen molar-refractivity contribution in [2.45, 2.75) is 25.8 Å². The van der Waals surface area contributed by atoms with E-state index in [1.54, 1.807) is 0 Å². The molecular weight excluding hydrogens is 236 g/mol. The highest BCUT2D eigenvalue weighted by Gasteiger charge is 2.06. The molecule has 1 aromatic carbocycles. The lowest BCUT2D eigenvalue weighted by Gasteiger charge is -2.13. The van der Waals surface area contributed by atoms with E-state index in [4.69, 9.17) is 10.5 Å². The normalized spacial score (nSPS) is 12.1. The molecule has 2 aromatic rings. The number of nitrogens with zero attached hydrogens (tertiary/aromatic N) is 1. The lowest BCUT2D eigenvalue weighted by atomic mass is 10.1. The fourth-order valence-electron chi connectivity index (χ4n) is 1.83. The third kappa shape index (κ3) is 4.38. The second kappa shape index (κ2) is 6.90. The molecule has 3 nitrogen and oxygen atoms in total. The zero-order chi connectivity index (χ0) is 13.5. The molecule has 1 atom stereocenters. The zero-order valence-electron chi connectivity index (χ0n) is 11.3. The van der Waals surface area contributed by atoms with Gasteiger partial charge in [0.05, 0.1) is 0 Å². The van der Waals surface area contributed by atoms with Crippen LogP contribution >= 0.6 is 0 Å². The first kappa shape index (κ1) is 13.6. The van der Waals surface area contributed by atoms with Gasteiger partial charge < -0.3 is 10.5 Å². The van der Waals surface area contributed by atoms with Gasteiger partial charge >= 0.3 is 0 Å². The SMILES string of the molecule is CCc1ccc(CC(N)COc2ccccc2)nc1. The van der Waals surface area contributed by atoms with Crippen molar-refractivity contribution in [3.05, 3.63) is 59.9 Å². The Morgan fingerprint density at radius 3 is 2.58 bits per heavy atom. The second-order valence-corrected chi connectivity index (χ2v) is 4.60. The standard InChI is InChI=1S/C16H20N2O/c1-2-13-8-9-15(18-11-13)10-14(17)12-19-16-6-4-3-5-7-16/h3-9,11,14H,2,10,12,17H2,1H3. The molecule has 1 unspecified atom stereocenters. The second-order valence-electron chi connectivity index (χ2n) is 4.60. The molecule has 1 heterocycles. The monoisotopic (exact) mass is 256 g/mol. The van der Waals surface area contributed by atoms with Crippen molar-refractivity contribution in [2.24, 2.45) is 5.73 Å². The van der Waals surface area contributed by atoms with Crippen LogP contribution in [0.15, 0.2) is 48.7 Å². The third-order valence-corrected chi connectivity index (χ3v) is 2.97. The predicted octanol–water partition coefficient (Wildman–Crippen LogP) is 2.59. The minimum atomic E-state index is -0.0415. The number of aromatic nitrogens is 1. The van der Waals surface area contributed by atoms with Crippen molar-refractivity contribution in [1.82, 2.24) is 4.98 Å². The van der Waals surface area contributed by atoms with Gasteiger partial charge in [-0.2, -0.15) is 0 Å². The first-order valence-electron chi connectivity index (χ1n) is 6.65. The number of benzene rings is 1. The summed E-state index contributed by atoms with van der Waals surface area (Å²) in [6.07, 6.45) is 3.66. The minimum absolute atomic E-state index is 0.0415. The van der Waals surface area contributed by atoms with Crippen LogP contribution in [0.25, 0.3) is 0 Å². The Morgan fingerprint density at radius 2 is 1.95 bits per heavy atom. The molecule has 1 aromatic heterocycles. The van der Waals surface area contributed by atoms with E-state index in [1.165, 1.54) is 5.56 Å². The first-order valence-corrected chi connectivity index (χ1v) is 6.65. The quantitative estimate of drug-likeness (QED) is 0.864. The topological polar surface area (TPSA) is 48.1 Å². The number of nitrogens with two attached hydrogens (primary N) is 1. The lowest BCUT2D eigenvalue weighted by molar-refractivity contribution is 0.287. The Hall–Kier alpha value is -1.87. The average Bonchev–Trinajstić information content (AvgIpc) is 2.47. The van der Waals surface area contributed by atoms with E-state index in [9.17, 15) is 0 Å². The molecule has 0 fully saturated rings. The van der Waals surface area contributed by atoms with Gasteiger partial charge in [0.25, 0.3) is 0 Å². The highest BCUT2D eigenvalue weighted by atomic mass is 16.5. The maximum absolute atomic E-state index is 6.06. The summed E-state index contributed by atoms with van der Waals surface area (Å²) in [4.78, 5) is 4.41. The largest absolute Gasteiger partial charge is 0.492 e. The van der Waals surface area contributed by atoms with Gasteiger partial charge in [0, 0.05) is 24.4 Å². The Bertz CT molecular complexity index is 482. The molecule has 0 saturated carbocycles. The van der Waals surface area contributed by atoms with Crippen LogP contribution in [0.2, 0.25) is 0 Å². The molecule has 2 rings (SSSR count). The molecule has 0 aliphatic rings. The van der Waals surface area contributed by atoms with Crippen molar-refractivity contribution >= 4 is 0 Å². The Balaban J connectivity index is 1.82. The van der Waals surface area contributed by atoms with E-state index < -0.39 is 0 Å². The van der Waals surface area contributed by atoms with Gasteiger partial charge in [-0.25, -0.2) is 0 Å². The number of pyridine rings is 1. The molecule has 0 saturated heterocycles. The average molecular weight is 256 g/mol. The molecule has 100 valence electrons. The van der Waals surface area contributed by atoms with Gasteiger partial charge in [-0.05, 0) is 30.2 Å². The first-order chi connectivity index (χ1) is 9.28. The Morgan fingerprint density at radius 1 is 1.16 bits per heavy atom. The molecule has 0 spiro atoms. The van der Waals surface area contributed by atoms with E-state index in [0.29, 0.717) is 6.61 Å².